The van der Waals surface area contributed by atoms with Gasteiger partial charge in [-0.15, -0.1) is 0 Å². The number of hydrogen-bond acceptors (Lipinski definition) is 7. The Morgan fingerprint density at radius 2 is 1.81 bits per heavy atom. The van der Waals surface area contributed by atoms with E-state index in [4.69, 9.17) is 14.7 Å². The van der Waals surface area contributed by atoms with Gasteiger partial charge < -0.3 is 25.2 Å². The van der Waals surface area contributed by atoms with Crippen molar-refractivity contribution in [1.82, 2.24) is 20.2 Å². The summed E-state index contributed by atoms with van der Waals surface area (Å²) in [6, 6.07) is 15.8. The summed E-state index contributed by atoms with van der Waals surface area (Å²) >= 11 is 0. The number of anilines is 2. The molecular weight excluding hydrogens is 452 g/mol. The minimum atomic E-state index is -0.0363. The number of likely N-dealkylation sites (tertiary alicyclic amines) is 1. The third-order valence-corrected chi connectivity index (χ3v) is 7.04. The Bertz CT molecular complexity index is 1170. The number of piperidine rings is 2. The molecule has 8 nitrogen and oxygen atoms in total. The molecule has 1 amide bonds. The lowest BCUT2D eigenvalue weighted by Crippen LogP contribution is -2.43. The number of fused-ring (bicyclic) bond motifs is 1. The van der Waals surface area contributed by atoms with E-state index in [2.05, 4.69) is 27.5 Å². The van der Waals surface area contributed by atoms with Gasteiger partial charge in [-0.2, -0.15) is 4.98 Å². The highest BCUT2D eigenvalue weighted by molar-refractivity contribution is 5.94. The number of para-hydroxylation sites is 1. The van der Waals surface area contributed by atoms with E-state index in [1.807, 2.05) is 48.5 Å². The molecule has 1 aromatic heterocycles. The van der Waals surface area contributed by atoms with Crippen molar-refractivity contribution in [2.75, 3.05) is 56.6 Å². The first-order valence-electron chi connectivity index (χ1n) is 13.1. The molecule has 5 rings (SSSR count). The summed E-state index contributed by atoms with van der Waals surface area (Å²) in [6.45, 7) is 5.08. The number of rotatable bonds is 8. The molecule has 3 aromatic rings. The van der Waals surface area contributed by atoms with Gasteiger partial charge in [-0.25, -0.2) is 4.98 Å². The lowest BCUT2D eigenvalue weighted by atomic mass is 10.0. The fourth-order valence-corrected chi connectivity index (χ4v) is 4.92. The second-order valence-corrected chi connectivity index (χ2v) is 9.79. The SMILES string of the molecule is CN1CCC(NC(=O)c2cccc(OCCNc3nc(N4CCCCC4)nc4ccccc34)c2)CC1. The van der Waals surface area contributed by atoms with Crippen molar-refractivity contribution in [2.24, 2.45) is 0 Å². The lowest BCUT2D eigenvalue weighted by Gasteiger charge is -2.29. The second kappa shape index (κ2) is 11.6. The monoisotopic (exact) mass is 488 g/mol. The first kappa shape index (κ1) is 24.3. The zero-order chi connectivity index (χ0) is 24.7. The molecule has 0 aliphatic carbocycles. The number of carbonyl (C=O) groups is 1. The van der Waals surface area contributed by atoms with E-state index in [1.165, 1.54) is 19.3 Å². The zero-order valence-corrected chi connectivity index (χ0v) is 21.1. The first-order valence-corrected chi connectivity index (χ1v) is 13.1. The number of aromatic nitrogens is 2. The molecule has 2 aromatic carbocycles. The van der Waals surface area contributed by atoms with Gasteiger partial charge in [-0.05, 0) is 82.6 Å². The Labute approximate surface area is 213 Å². The summed E-state index contributed by atoms with van der Waals surface area (Å²) in [4.78, 5) is 27.0. The highest BCUT2D eigenvalue weighted by Gasteiger charge is 2.19. The Morgan fingerprint density at radius 3 is 2.64 bits per heavy atom. The molecular formula is C28H36N6O2. The van der Waals surface area contributed by atoms with Crippen LogP contribution in [0.1, 0.15) is 42.5 Å². The van der Waals surface area contributed by atoms with Gasteiger partial charge in [-0.1, -0.05) is 18.2 Å². The third kappa shape index (κ3) is 6.05. The minimum absolute atomic E-state index is 0.0363. The Hall–Kier alpha value is -3.39. The number of hydrogen-bond donors (Lipinski definition) is 2. The van der Waals surface area contributed by atoms with Crippen LogP contribution in [0.4, 0.5) is 11.8 Å². The number of ether oxygens (including phenoxy) is 1. The van der Waals surface area contributed by atoms with Crippen LogP contribution in [0.3, 0.4) is 0 Å². The van der Waals surface area contributed by atoms with Gasteiger partial charge in [0.1, 0.15) is 18.2 Å². The van der Waals surface area contributed by atoms with Gasteiger partial charge in [0.05, 0.1) is 12.1 Å². The maximum Gasteiger partial charge on any atom is 0.251 e. The molecule has 0 atom stereocenters. The highest BCUT2D eigenvalue weighted by Crippen LogP contribution is 2.25. The van der Waals surface area contributed by atoms with Gasteiger partial charge in [0.2, 0.25) is 5.95 Å². The van der Waals surface area contributed by atoms with Crippen LogP contribution in [0.2, 0.25) is 0 Å². The van der Waals surface area contributed by atoms with Crippen molar-refractivity contribution >= 4 is 28.6 Å². The van der Waals surface area contributed by atoms with E-state index in [9.17, 15) is 4.79 Å². The summed E-state index contributed by atoms with van der Waals surface area (Å²) in [7, 11) is 2.12. The maximum atomic E-state index is 12.7. The first-order chi connectivity index (χ1) is 17.7. The van der Waals surface area contributed by atoms with Crippen LogP contribution in [0.25, 0.3) is 10.9 Å². The van der Waals surface area contributed by atoms with Crippen LogP contribution in [0.15, 0.2) is 48.5 Å². The zero-order valence-electron chi connectivity index (χ0n) is 21.1. The molecule has 2 fully saturated rings. The molecule has 2 aliphatic heterocycles. The van der Waals surface area contributed by atoms with Crippen LogP contribution >= 0.6 is 0 Å². The smallest absolute Gasteiger partial charge is 0.251 e. The Morgan fingerprint density at radius 1 is 1.00 bits per heavy atom. The van der Waals surface area contributed by atoms with Crippen LogP contribution in [-0.4, -0.2) is 73.2 Å². The average molecular weight is 489 g/mol. The van der Waals surface area contributed by atoms with Crippen LogP contribution in [0.5, 0.6) is 5.75 Å². The van der Waals surface area contributed by atoms with Crippen molar-refractivity contribution in [3.05, 3.63) is 54.1 Å². The normalized spacial score (nSPS) is 17.2. The predicted molar refractivity (Wildman–Crippen MR) is 144 cm³/mol. The summed E-state index contributed by atoms with van der Waals surface area (Å²) in [5.74, 6) is 2.27. The highest BCUT2D eigenvalue weighted by atomic mass is 16.5. The molecule has 2 saturated heterocycles. The number of benzene rings is 2. The third-order valence-electron chi connectivity index (χ3n) is 7.04. The second-order valence-electron chi connectivity index (χ2n) is 9.79. The van der Waals surface area contributed by atoms with E-state index in [0.717, 1.165) is 61.7 Å². The molecule has 2 N–H and O–H groups in total. The molecule has 2 aliphatic rings. The van der Waals surface area contributed by atoms with E-state index >= 15 is 0 Å². The summed E-state index contributed by atoms with van der Waals surface area (Å²) in [5, 5.41) is 7.62. The maximum absolute atomic E-state index is 12.7. The lowest BCUT2D eigenvalue weighted by molar-refractivity contribution is 0.0916. The predicted octanol–water partition coefficient (Wildman–Crippen LogP) is 3.94. The largest absolute Gasteiger partial charge is 0.492 e. The van der Waals surface area contributed by atoms with Gasteiger partial charge in [0.25, 0.3) is 5.91 Å². The van der Waals surface area contributed by atoms with Crippen LogP contribution in [-0.2, 0) is 0 Å². The average Bonchev–Trinajstić information content (AvgIpc) is 2.93. The van der Waals surface area contributed by atoms with Crippen molar-refractivity contribution in [3.63, 3.8) is 0 Å². The van der Waals surface area contributed by atoms with Crippen molar-refractivity contribution in [1.29, 1.82) is 0 Å². The summed E-state index contributed by atoms with van der Waals surface area (Å²) < 4.78 is 5.98. The minimum Gasteiger partial charge on any atom is -0.492 e. The number of nitrogens with zero attached hydrogens (tertiary/aromatic N) is 4. The summed E-state index contributed by atoms with van der Waals surface area (Å²) in [5.41, 5.74) is 1.58. The van der Waals surface area contributed by atoms with Crippen molar-refractivity contribution < 1.29 is 9.53 Å². The Balaban J connectivity index is 1.18. The molecule has 36 heavy (non-hydrogen) atoms. The standard InChI is InChI=1S/C28H36N6O2/c1-33-17-12-22(13-18-33)30-27(35)21-8-7-9-23(20-21)36-19-14-29-26-24-10-3-4-11-25(24)31-28(32-26)34-15-5-2-6-16-34/h3-4,7-11,20,22H,2,5-6,12-19H2,1H3,(H,30,35)(H,29,31,32). The van der Waals surface area contributed by atoms with E-state index in [-0.39, 0.29) is 11.9 Å². The van der Waals surface area contributed by atoms with E-state index < -0.39 is 0 Å². The molecule has 3 heterocycles. The number of carbonyl (C=O) groups excluding carboxylic acids is 1. The molecule has 0 spiro atoms. The molecule has 0 saturated carbocycles. The molecule has 0 bridgehead atoms. The van der Waals surface area contributed by atoms with Crippen LogP contribution in [0, 0.1) is 0 Å². The molecule has 190 valence electrons. The van der Waals surface area contributed by atoms with E-state index in [1.54, 1.807) is 0 Å². The fourth-order valence-electron chi connectivity index (χ4n) is 4.92. The van der Waals surface area contributed by atoms with Gasteiger partial charge in [0, 0.05) is 30.1 Å². The molecule has 8 heteroatoms. The number of nitrogens with one attached hydrogen (secondary N) is 2. The van der Waals surface area contributed by atoms with Gasteiger partial charge in [0.15, 0.2) is 0 Å². The molecule has 0 radical (unpaired) electrons. The fraction of sp³-hybridized carbons (Fsp3) is 0.464. The van der Waals surface area contributed by atoms with Gasteiger partial charge >= 0.3 is 0 Å². The Kier molecular flexibility index (Phi) is 7.81. The molecule has 0 unspecified atom stereocenters. The van der Waals surface area contributed by atoms with Crippen molar-refractivity contribution in [2.45, 2.75) is 38.1 Å². The topological polar surface area (TPSA) is 82.6 Å². The van der Waals surface area contributed by atoms with Gasteiger partial charge in [-0.3, -0.25) is 4.79 Å². The number of amides is 1. The quantitative estimate of drug-likeness (QED) is 0.465. The van der Waals surface area contributed by atoms with E-state index in [0.29, 0.717) is 24.5 Å². The van der Waals surface area contributed by atoms with Crippen LogP contribution < -0.4 is 20.3 Å². The van der Waals surface area contributed by atoms with Crippen molar-refractivity contribution in [3.8, 4) is 5.75 Å². The summed E-state index contributed by atoms with van der Waals surface area (Å²) in [6.07, 6.45) is 5.61.